The van der Waals surface area contributed by atoms with Crippen molar-refractivity contribution in [2.24, 2.45) is 0 Å². The third kappa shape index (κ3) is 8.26. The molecule has 13 heavy (non-hydrogen) atoms. The van der Waals surface area contributed by atoms with E-state index >= 15 is 0 Å². The first-order valence-electron chi connectivity index (χ1n) is 5.55. The molecule has 2 heteroatoms. The van der Waals surface area contributed by atoms with Gasteiger partial charge in [-0.25, -0.2) is 0 Å². The summed E-state index contributed by atoms with van der Waals surface area (Å²) in [5.41, 5.74) is 0. The SMILES string of the molecule is CCCC(CC)NCCOC(C)C. The highest BCUT2D eigenvalue weighted by molar-refractivity contribution is 4.63. The summed E-state index contributed by atoms with van der Waals surface area (Å²) in [5, 5.41) is 3.50. The molecule has 0 saturated heterocycles. The van der Waals surface area contributed by atoms with Gasteiger partial charge in [-0.1, -0.05) is 20.3 Å². The first-order valence-corrected chi connectivity index (χ1v) is 5.55. The molecule has 0 spiro atoms. The van der Waals surface area contributed by atoms with Crippen molar-refractivity contribution in [3.05, 3.63) is 0 Å². The highest BCUT2D eigenvalue weighted by Crippen LogP contribution is 2.00. The van der Waals surface area contributed by atoms with Crippen molar-refractivity contribution in [1.29, 1.82) is 0 Å². The van der Waals surface area contributed by atoms with E-state index in [1.807, 2.05) is 0 Å². The largest absolute Gasteiger partial charge is 0.377 e. The van der Waals surface area contributed by atoms with Gasteiger partial charge in [-0.3, -0.25) is 0 Å². The maximum Gasteiger partial charge on any atom is 0.0594 e. The predicted molar refractivity (Wildman–Crippen MR) is 58.1 cm³/mol. The summed E-state index contributed by atoms with van der Waals surface area (Å²) in [6.07, 6.45) is 4.11. The molecule has 1 atom stereocenters. The van der Waals surface area contributed by atoms with E-state index in [0.717, 1.165) is 13.2 Å². The van der Waals surface area contributed by atoms with Crippen LogP contribution in [0.4, 0.5) is 0 Å². The monoisotopic (exact) mass is 187 g/mol. The van der Waals surface area contributed by atoms with Crippen molar-refractivity contribution < 1.29 is 4.74 Å². The molecule has 0 radical (unpaired) electrons. The molecule has 1 unspecified atom stereocenters. The lowest BCUT2D eigenvalue weighted by Gasteiger charge is -2.16. The molecule has 0 amide bonds. The zero-order valence-electron chi connectivity index (χ0n) is 9.60. The zero-order chi connectivity index (χ0) is 10.1. The first kappa shape index (κ1) is 12.9. The van der Waals surface area contributed by atoms with Gasteiger partial charge >= 0.3 is 0 Å². The number of hydrogen-bond acceptors (Lipinski definition) is 2. The van der Waals surface area contributed by atoms with Gasteiger partial charge in [-0.15, -0.1) is 0 Å². The molecule has 2 nitrogen and oxygen atoms in total. The molecule has 0 saturated carbocycles. The minimum Gasteiger partial charge on any atom is -0.377 e. The fourth-order valence-corrected chi connectivity index (χ4v) is 1.36. The van der Waals surface area contributed by atoms with Crippen LogP contribution in [0.5, 0.6) is 0 Å². The normalized spacial score (nSPS) is 13.6. The summed E-state index contributed by atoms with van der Waals surface area (Å²) in [7, 11) is 0. The van der Waals surface area contributed by atoms with E-state index in [-0.39, 0.29) is 0 Å². The number of rotatable bonds is 8. The third-order valence-corrected chi connectivity index (χ3v) is 2.12. The number of ether oxygens (including phenoxy) is 1. The molecular formula is C11H25NO. The second kappa shape index (κ2) is 8.52. The van der Waals surface area contributed by atoms with E-state index in [4.69, 9.17) is 4.74 Å². The lowest BCUT2D eigenvalue weighted by atomic mass is 10.1. The molecule has 0 rings (SSSR count). The zero-order valence-corrected chi connectivity index (χ0v) is 9.60. The van der Waals surface area contributed by atoms with Gasteiger partial charge in [0, 0.05) is 12.6 Å². The highest BCUT2D eigenvalue weighted by Gasteiger charge is 2.02. The summed E-state index contributed by atoms with van der Waals surface area (Å²) in [5.74, 6) is 0. The molecular weight excluding hydrogens is 162 g/mol. The van der Waals surface area contributed by atoms with Gasteiger partial charge in [0.15, 0.2) is 0 Å². The van der Waals surface area contributed by atoms with E-state index in [2.05, 4.69) is 33.0 Å². The maximum atomic E-state index is 5.45. The van der Waals surface area contributed by atoms with Crippen molar-refractivity contribution in [2.45, 2.75) is 59.1 Å². The summed E-state index contributed by atoms with van der Waals surface area (Å²) in [6.45, 7) is 10.4. The Morgan fingerprint density at radius 3 is 2.38 bits per heavy atom. The Morgan fingerprint density at radius 1 is 1.23 bits per heavy atom. The lowest BCUT2D eigenvalue weighted by Crippen LogP contribution is -2.31. The van der Waals surface area contributed by atoms with Crippen LogP contribution in [0.15, 0.2) is 0 Å². The van der Waals surface area contributed by atoms with Crippen LogP contribution in [0.1, 0.15) is 47.0 Å². The van der Waals surface area contributed by atoms with E-state index in [1.165, 1.54) is 19.3 Å². The minimum atomic E-state index is 0.355. The summed E-state index contributed by atoms with van der Waals surface area (Å²) in [6, 6.07) is 0.681. The van der Waals surface area contributed by atoms with Crippen LogP contribution < -0.4 is 5.32 Å². The van der Waals surface area contributed by atoms with E-state index in [0.29, 0.717) is 12.1 Å². The third-order valence-electron chi connectivity index (χ3n) is 2.12. The molecule has 1 N–H and O–H groups in total. The van der Waals surface area contributed by atoms with Crippen molar-refractivity contribution in [3.8, 4) is 0 Å². The van der Waals surface area contributed by atoms with Gasteiger partial charge in [0.05, 0.1) is 12.7 Å². The molecule has 0 aromatic heterocycles. The maximum absolute atomic E-state index is 5.45. The van der Waals surface area contributed by atoms with Crippen LogP contribution in [-0.2, 0) is 4.74 Å². The molecule has 0 aromatic rings. The van der Waals surface area contributed by atoms with E-state index in [1.54, 1.807) is 0 Å². The molecule has 0 aliphatic rings. The van der Waals surface area contributed by atoms with Crippen LogP contribution in [0.3, 0.4) is 0 Å². The van der Waals surface area contributed by atoms with Gasteiger partial charge in [0.25, 0.3) is 0 Å². The average Bonchev–Trinajstić information content (AvgIpc) is 2.10. The second-order valence-electron chi connectivity index (χ2n) is 3.77. The molecule has 0 fully saturated rings. The Morgan fingerprint density at radius 2 is 1.92 bits per heavy atom. The van der Waals surface area contributed by atoms with Crippen molar-refractivity contribution >= 4 is 0 Å². The predicted octanol–water partition coefficient (Wildman–Crippen LogP) is 2.58. The Labute approximate surface area is 83.1 Å². The molecule has 0 aromatic carbocycles. The van der Waals surface area contributed by atoms with E-state index < -0.39 is 0 Å². The Balaban J connectivity index is 3.27. The highest BCUT2D eigenvalue weighted by atomic mass is 16.5. The van der Waals surface area contributed by atoms with Gasteiger partial charge in [0.1, 0.15) is 0 Å². The Kier molecular flexibility index (Phi) is 8.46. The lowest BCUT2D eigenvalue weighted by molar-refractivity contribution is 0.0790. The molecule has 0 bridgehead atoms. The van der Waals surface area contributed by atoms with Crippen molar-refractivity contribution in [3.63, 3.8) is 0 Å². The minimum absolute atomic E-state index is 0.355. The van der Waals surface area contributed by atoms with Crippen LogP contribution in [0, 0.1) is 0 Å². The van der Waals surface area contributed by atoms with Gasteiger partial charge in [-0.2, -0.15) is 0 Å². The van der Waals surface area contributed by atoms with Crippen LogP contribution >= 0.6 is 0 Å². The van der Waals surface area contributed by atoms with Crippen LogP contribution in [-0.4, -0.2) is 25.3 Å². The van der Waals surface area contributed by atoms with Gasteiger partial charge < -0.3 is 10.1 Å². The summed E-state index contributed by atoms with van der Waals surface area (Å²) < 4.78 is 5.45. The first-order chi connectivity index (χ1) is 6.20. The number of nitrogens with one attached hydrogen (secondary N) is 1. The second-order valence-corrected chi connectivity index (χ2v) is 3.77. The molecule has 80 valence electrons. The summed E-state index contributed by atoms with van der Waals surface area (Å²) in [4.78, 5) is 0. The van der Waals surface area contributed by atoms with Crippen molar-refractivity contribution in [1.82, 2.24) is 5.32 Å². The Hall–Kier alpha value is -0.0800. The fourth-order valence-electron chi connectivity index (χ4n) is 1.36. The van der Waals surface area contributed by atoms with Crippen molar-refractivity contribution in [2.75, 3.05) is 13.2 Å². The standard InChI is InChI=1S/C11H25NO/c1-5-7-11(6-2)12-8-9-13-10(3)4/h10-12H,5-9H2,1-4H3. The molecule has 0 aliphatic carbocycles. The summed E-state index contributed by atoms with van der Waals surface area (Å²) >= 11 is 0. The fraction of sp³-hybridized carbons (Fsp3) is 1.00. The topological polar surface area (TPSA) is 21.3 Å². The van der Waals surface area contributed by atoms with Gasteiger partial charge in [-0.05, 0) is 26.7 Å². The van der Waals surface area contributed by atoms with Gasteiger partial charge in [0.2, 0.25) is 0 Å². The Bertz CT molecular complexity index is 104. The quantitative estimate of drug-likeness (QED) is 0.590. The van der Waals surface area contributed by atoms with Crippen LogP contribution in [0.2, 0.25) is 0 Å². The molecule has 0 heterocycles. The average molecular weight is 187 g/mol. The molecule has 0 aliphatic heterocycles. The van der Waals surface area contributed by atoms with E-state index in [9.17, 15) is 0 Å². The number of hydrogen-bond donors (Lipinski definition) is 1. The smallest absolute Gasteiger partial charge is 0.0594 e. The van der Waals surface area contributed by atoms with Crippen LogP contribution in [0.25, 0.3) is 0 Å².